The van der Waals surface area contributed by atoms with Gasteiger partial charge in [-0.15, -0.1) is 0 Å². The summed E-state index contributed by atoms with van der Waals surface area (Å²) in [5.41, 5.74) is 2.39. The second-order valence-corrected chi connectivity index (χ2v) is 9.00. The van der Waals surface area contributed by atoms with Crippen LogP contribution in [0.4, 0.5) is 0 Å². The van der Waals surface area contributed by atoms with Crippen LogP contribution in [0.2, 0.25) is 0 Å². The number of hydrogen-bond donors (Lipinski definition) is 1. The summed E-state index contributed by atoms with van der Waals surface area (Å²) in [6.45, 7) is 12.6. The van der Waals surface area contributed by atoms with Gasteiger partial charge >= 0.3 is 0 Å². The molecule has 0 saturated carbocycles. The molecule has 0 fully saturated rings. The van der Waals surface area contributed by atoms with E-state index in [9.17, 15) is 4.79 Å². The van der Waals surface area contributed by atoms with Crippen molar-refractivity contribution >= 4 is 5.91 Å². The van der Waals surface area contributed by atoms with Gasteiger partial charge in [-0.2, -0.15) is 0 Å². The second-order valence-electron chi connectivity index (χ2n) is 9.00. The Balaban J connectivity index is 2.05. The molecule has 2 aromatic carbocycles. The minimum Gasteiger partial charge on any atom is -0.497 e. The zero-order valence-electron chi connectivity index (χ0n) is 18.8. The maximum Gasteiger partial charge on any atom is 0.261 e. The van der Waals surface area contributed by atoms with Crippen molar-refractivity contribution in [3.63, 3.8) is 0 Å². The number of rotatable bonds is 8. The van der Waals surface area contributed by atoms with Crippen molar-refractivity contribution < 1.29 is 14.3 Å². The smallest absolute Gasteiger partial charge is 0.261 e. The van der Waals surface area contributed by atoms with Crippen LogP contribution in [0.3, 0.4) is 0 Å². The number of benzene rings is 2. The van der Waals surface area contributed by atoms with Gasteiger partial charge in [0.25, 0.3) is 5.91 Å². The lowest BCUT2D eigenvalue weighted by Crippen LogP contribution is -2.39. The Bertz CT molecular complexity index is 773. The molecule has 0 aliphatic heterocycles. The third-order valence-corrected chi connectivity index (χ3v) is 4.94. The maximum absolute atomic E-state index is 12.8. The van der Waals surface area contributed by atoms with Crippen molar-refractivity contribution in [2.45, 2.75) is 65.5 Å². The molecular weight excluding hydrogens is 362 g/mol. The number of carbonyl (C=O) groups is 1. The molecular formula is C25H35NO3. The van der Waals surface area contributed by atoms with Crippen molar-refractivity contribution in [2.75, 3.05) is 7.11 Å². The number of hydrogen-bond acceptors (Lipinski definition) is 3. The summed E-state index contributed by atoms with van der Waals surface area (Å²) < 4.78 is 11.1. The highest BCUT2D eigenvalue weighted by molar-refractivity contribution is 5.81. The second kappa shape index (κ2) is 9.82. The van der Waals surface area contributed by atoms with Crippen LogP contribution in [-0.2, 0) is 10.2 Å². The minimum atomic E-state index is -0.580. The lowest BCUT2D eigenvalue weighted by molar-refractivity contribution is -0.128. The van der Waals surface area contributed by atoms with Crippen LogP contribution in [0.15, 0.2) is 48.5 Å². The van der Waals surface area contributed by atoms with Crippen LogP contribution in [0.5, 0.6) is 11.5 Å². The van der Waals surface area contributed by atoms with E-state index in [0.717, 1.165) is 17.7 Å². The van der Waals surface area contributed by atoms with Gasteiger partial charge in [-0.3, -0.25) is 4.79 Å². The highest BCUT2D eigenvalue weighted by Crippen LogP contribution is 2.26. The number of methoxy groups -OCH3 is 1. The van der Waals surface area contributed by atoms with Crippen LogP contribution in [0.1, 0.15) is 65.1 Å². The molecule has 0 aliphatic carbocycles. The Morgan fingerprint density at radius 3 is 1.97 bits per heavy atom. The molecule has 2 rings (SSSR count). The zero-order chi connectivity index (χ0) is 21.6. The van der Waals surface area contributed by atoms with E-state index in [1.54, 1.807) is 14.0 Å². The van der Waals surface area contributed by atoms with Gasteiger partial charge in [-0.05, 0) is 60.1 Å². The lowest BCUT2D eigenvalue weighted by atomic mass is 9.87. The Kier molecular flexibility index (Phi) is 7.72. The fourth-order valence-corrected chi connectivity index (χ4v) is 3.17. The first-order valence-electron chi connectivity index (χ1n) is 10.3. The summed E-state index contributed by atoms with van der Waals surface area (Å²) in [5, 5.41) is 3.15. The Hall–Kier alpha value is -2.49. The largest absolute Gasteiger partial charge is 0.497 e. The summed E-state index contributed by atoms with van der Waals surface area (Å²) in [5.74, 6) is 1.83. The highest BCUT2D eigenvalue weighted by atomic mass is 16.5. The third kappa shape index (κ3) is 6.81. The molecule has 0 aliphatic rings. The monoisotopic (exact) mass is 397 g/mol. The molecule has 0 bridgehead atoms. The molecule has 29 heavy (non-hydrogen) atoms. The van der Waals surface area contributed by atoms with E-state index in [4.69, 9.17) is 9.47 Å². The fourth-order valence-electron chi connectivity index (χ4n) is 3.17. The molecule has 0 radical (unpaired) electrons. The van der Waals surface area contributed by atoms with Gasteiger partial charge < -0.3 is 14.8 Å². The van der Waals surface area contributed by atoms with Crippen molar-refractivity contribution in [1.29, 1.82) is 0 Å². The molecule has 2 aromatic rings. The van der Waals surface area contributed by atoms with E-state index >= 15 is 0 Å². The molecule has 1 N–H and O–H groups in total. The first-order valence-corrected chi connectivity index (χ1v) is 10.3. The molecule has 0 saturated heterocycles. The number of carbonyl (C=O) groups excluding carboxylic acids is 1. The molecule has 4 nitrogen and oxygen atoms in total. The van der Waals surface area contributed by atoms with Crippen LogP contribution >= 0.6 is 0 Å². The first kappa shape index (κ1) is 22.8. The zero-order valence-corrected chi connectivity index (χ0v) is 18.8. The van der Waals surface area contributed by atoms with Gasteiger partial charge in [0.2, 0.25) is 0 Å². The molecule has 2 atom stereocenters. The summed E-state index contributed by atoms with van der Waals surface area (Å²) >= 11 is 0. The van der Waals surface area contributed by atoms with Crippen molar-refractivity contribution in [3.05, 3.63) is 59.7 Å². The Morgan fingerprint density at radius 2 is 1.48 bits per heavy atom. The van der Waals surface area contributed by atoms with Gasteiger partial charge in [-0.1, -0.05) is 58.9 Å². The molecule has 0 unspecified atom stereocenters. The van der Waals surface area contributed by atoms with Crippen LogP contribution in [0.25, 0.3) is 0 Å². The number of nitrogens with one attached hydrogen (secondary N) is 1. The van der Waals surface area contributed by atoms with Crippen molar-refractivity contribution in [3.8, 4) is 11.5 Å². The van der Waals surface area contributed by atoms with E-state index in [2.05, 4.69) is 52.1 Å². The lowest BCUT2D eigenvalue weighted by Gasteiger charge is -2.24. The van der Waals surface area contributed by atoms with Gasteiger partial charge in [0.1, 0.15) is 11.5 Å². The van der Waals surface area contributed by atoms with E-state index in [0.29, 0.717) is 11.7 Å². The molecule has 158 valence electrons. The van der Waals surface area contributed by atoms with Gasteiger partial charge in [0.05, 0.1) is 13.2 Å². The predicted molar refractivity (Wildman–Crippen MR) is 119 cm³/mol. The quantitative estimate of drug-likeness (QED) is 0.625. The van der Waals surface area contributed by atoms with Crippen molar-refractivity contribution in [2.24, 2.45) is 5.92 Å². The maximum atomic E-state index is 12.8. The van der Waals surface area contributed by atoms with Crippen molar-refractivity contribution in [1.82, 2.24) is 5.32 Å². The van der Waals surface area contributed by atoms with Crippen LogP contribution in [-0.4, -0.2) is 19.1 Å². The normalized spacial score (nSPS) is 13.7. The Morgan fingerprint density at radius 1 is 0.931 bits per heavy atom. The average Bonchev–Trinajstić information content (AvgIpc) is 2.66. The highest BCUT2D eigenvalue weighted by Gasteiger charge is 2.22. The average molecular weight is 398 g/mol. The third-order valence-electron chi connectivity index (χ3n) is 4.94. The van der Waals surface area contributed by atoms with Gasteiger partial charge in [0, 0.05) is 0 Å². The molecule has 1 amide bonds. The Labute approximate surface area is 175 Å². The molecule has 4 heteroatoms. The topological polar surface area (TPSA) is 47.6 Å². The van der Waals surface area contributed by atoms with E-state index in [1.807, 2.05) is 36.4 Å². The predicted octanol–water partition coefficient (Wildman–Crippen LogP) is 5.66. The number of ether oxygens (including phenoxy) is 2. The summed E-state index contributed by atoms with van der Waals surface area (Å²) in [7, 11) is 1.65. The van der Waals surface area contributed by atoms with E-state index in [1.165, 1.54) is 5.56 Å². The SMILES string of the molecule is COc1ccc([C@H](CC(C)C)NC(=O)[C@H](C)Oc2ccc(C(C)(C)C)cc2)cc1. The summed E-state index contributed by atoms with van der Waals surface area (Å²) in [6, 6.07) is 15.8. The van der Waals surface area contributed by atoms with Gasteiger partial charge in [0.15, 0.2) is 6.10 Å². The molecule has 0 spiro atoms. The van der Waals surface area contributed by atoms with E-state index < -0.39 is 6.10 Å². The van der Waals surface area contributed by atoms with Gasteiger partial charge in [-0.25, -0.2) is 0 Å². The molecule has 0 aromatic heterocycles. The van der Waals surface area contributed by atoms with E-state index in [-0.39, 0.29) is 17.4 Å². The summed E-state index contributed by atoms with van der Waals surface area (Å²) in [4.78, 5) is 12.8. The minimum absolute atomic E-state index is 0.0669. The fraction of sp³-hybridized carbons (Fsp3) is 0.480. The van der Waals surface area contributed by atoms with Crippen LogP contribution < -0.4 is 14.8 Å². The summed E-state index contributed by atoms with van der Waals surface area (Å²) in [6.07, 6.45) is 0.272. The first-order chi connectivity index (χ1) is 13.6. The number of amides is 1. The standard InChI is InChI=1S/C25H35NO3/c1-17(2)16-23(19-8-12-21(28-7)13-9-19)26-24(27)18(3)29-22-14-10-20(11-15-22)25(4,5)6/h8-15,17-18,23H,16H2,1-7H3,(H,26,27)/t18-,23-/m0/s1. The van der Waals surface area contributed by atoms with Crippen LogP contribution in [0, 0.1) is 5.92 Å². The molecule has 0 heterocycles.